The molecule has 0 saturated heterocycles. The Hall–Kier alpha value is -1.42. The molecule has 6 rings (SSSR count). The van der Waals surface area contributed by atoms with Crippen molar-refractivity contribution >= 4 is 17.5 Å². The number of rotatable bonds is 3. The first kappa shape index (κ1) is 17.7. The summed E-state index contributed by atoms with van der Waals surface area (Å²) in [4.78, 5) is 15.7. The topological polar surface area (TPSA) is 38.8 Å². The van der Waals surface area contributed by atoms with E-state index in [2.05, 4.69) is 11.0 Å². The summed E-state index contributed by atoms with van der Waals surface area (Å²) < 4.78 is 10.9. The monoisotopic (exact) mass is 389 g/mol. The van der Waals surface area contributed by atoms with Crippen LogP contribution in [0.3, 0.4) is 0 Å². The van der Waals surface area contributed by atoms with Gasteiger partial charge in [-0.2, -0.15) is 0 Å². The van der Waals surface area contributed by atoms with E-state index in [0.717, 1.165) is 56.6 Å². The maximum absolute atomic E-state index is 13.7. The van der Waals surface area contributed by atoms with Gasteiger partial charge >= 0.3 is 0 Å². The molecule has 5 heteroatoms. The van der Waals surface area contributed by atoms with Crippen LogP contribution in [0.15, 0.2) is 12.1 Å². The van der Waals surface area contributed by atoms with Crippen LogP contribution >= 0.6 is 11.6 Å². The van der Waals surface area contributed by atoms with E-state index in [1.807, 2.05) is 6.07 Å². The molecular formula is C22H28ClNO3. The van der Waals surface area contributed by atoms with E-state index in [4.69, 9.17) is 21.1 Å². The maximum Gasteiger partial charge on any atom is 0.229 e. The highest BCUT2D eigenvalue weighted by atomic mass is 35.5. The van der Waals surface area contributed by atoms with E-state index in [1.165, 1.54) is 17.5 Å². The molecule has 4 saturated carbocycles. The predicted octanol–water partition coefficient (Wildman–Crippen LogP) is 4.17. The average molecular weight is 390 g/mol. The van der Waals surface area contributed by atoms with Crippen LogP contribution in [0.2, 0.25) is 0 Å². The molecule has 0 spiro atoms. The predicted molar refractivity (Wildman–Crippen MR) is 104 cm³/mol. The number of ether oxygens (including phenoxy) is 2. The molecule has 0 N–H and O–H groups in total. The Balaban J connectivity index is 1.41. The highest BCUT2D eigenvalue weighted by Crippen LogP contribution is 2.64. The minimum atomic E-state index is -0.208. The number of methoxy groups -OCH3 is 2. The van der Waals surface area contributed by atoms with E-state index in [-0.39, 0.29) is 10.3 Å². The Labute approximate surface area is 166 Å². The SMILES string of the molecule is COc1cc2c(cc1OC)CN(C(=O)C13CC4CC(CC(Cl)(C4)C1)C3)CC2. The average Bonchev–Trinajstić information content (AvgIpc) is 2.63. The first-order chi connectivity index (χ1) is 12.9. The molecule has 5 aliphatic rings. The van der Waals surface area contributed by atoms with Gasteiger partial charge in [0.2, 0.25) is 5.91 Å². The number of benzene rings is 1. The maximum atomic E-state index is 13.7. The summed E-state index contributed by atoms with van der Waals surface area (Å²) in [6, 6.07) is 4.10. The number of amides is 1. The van der Waals surface area contributed by atoms with Gasteiger partial charge < -0.3 is 14.4 Å². The van der Waals surface area contributed by atoms with E-state index in [9.17, 15) is 4.79 Å². The van der Waals surface area contributed by atoms with Crippen LogP contribution in [0.25, 0.3) is 0 Å². The number of fused-ring (bicyclic) bond motifs is 1. The number of nitrogens with zero attached hydrogens (tertiary/aromatic N) is 1. The molecule has 4 bridgehead atoms. The lowest BCUT2D eigenvalue weighted by Crippen LogP contribution is -2.59. The molecule has 2 atom stereocenters. The van der Waals surface area contributed by atoms with Crippen LogP contribution in [0.4, 0.5) is 0 Å². The second kappa shape index (κ2) is 6.04. The molecule has 0 radical (unpaired) electrons. The van der Waals surface area contributed by atoms with Crippen LogP contribution in [0.5, 0.6) is 11.5 Å². The Bertz CT molecular complexity index is 778. The Kier molecular flexibility index (Phi) is 3.95. The minimum absolute atomic E-state index is 0.121. The van der Waals surface area contributed by atoms with Crippen molar-refractivity contribution in [2.45, 2.75) is 56.4 Å². The van der Waals surface area contributed by atoms with Gasteiger partial charge in [0.1, 0.15) is 0 Å². The second-order valence-electron chi connectivity index (χ2n) is 9.34. The van der Waals surface area contributed by atoms with Gasteiger partial charge in [-0.3, -0.25) is 4.79 Å². The zero-order valence-corrected chi connectivity index (χ0v) is 17.0. The first-order valence-corrected chi connectivity index (χ1v) is 10.5. The lowest BCUT2D eigenvalue weighted by atomic mass is 9.49. The van der Waals surface area contributed by atoms with Crippen molar-refractivity contribution in [2.24, 2.45) is 17.3 Å². The van der Waals surface area contributed by atoms with Gasteiger partial charge in [-0.25, -0.2) is 0 Å². The van der Waals surface area contributed by atoms with Gasteiger partial charge in [-0.1, -0.05) is 0 Å². The van der Waals surface area contributed by atoms with Gasteiger partial charge in [-0.05, 0) is 80.0 Å². The van der Waals surface area contributed by atoms with Crippen molar-refractivity contribution in [3.8, 4) is 11.5 Å². The largest absolute Gasteiger partial charge is 0.493 e. The number of carbonyl (C=O) groups is 1. The molecule has 1 heterocycles. The standard InChI is InChI=1S/C22H28ClNO3/c1-26-18-6-16-3-4-24(12-17(16)7-19(18)27-2)20(25)21-8-14-5-15(9-21)11-22(23,10-14)13-21/h6-7,14-15H,3-5,8-13H2,1-2H3. The lowest BCUT2D eigenvalue weighted by Gasteiger charge is -2.60. The molecule has 2 unspecified atom stereocenters. The highest BCUT2D eigenvalue weighted by molar-refractivity contribution is 6.24. The van der Waals surface area contributed by atoms with E-state index in [1.54, 1.807) is 14.2 Å². The van der Waals surface area contributed by atoms with Crippen LogP contribution in [0, 0.1) is 17.3 Å². The molecule has 4 nitrogen and oxygen atoms in total. The van der Waals surface area contributed by atoms with Gasteiger partial charge in [0.25, 0.3) is 0 Å². The summed E-state index contributed by atoms with van der Waals surface area (Å²) in [5.74, 6) is 3.14. The van der Waals surface area contributed by atoms with Crippen molar-refractivity contribution < 1.29 is 14.3 Å². The van der Waals surface area contributed by atoms with Crippen molar-refractivity contribution in [3.63, 3.8) is 0 Å². The molecule has 1 aromatic rings. The van der Waals surface area contributed by atoms with Crippen molar-refractivity contribution in [3.05, 3.63) is 23.3 Å². The van der Waals surface area contributed by atoms with Gasteiger partial charge in [0.05, 0.1) is 19.6 Å². The minimum Gasteiger partial charge on any atom is -0.493 e. The molecule has 4 fully saturated rings. The molecule has 1 aromatic carbocycles. The summed E-state index contributed by atoms with van der Waals surface area (Å²) in [6.45, 7) is 1.45. The number of hydrogen-bond donors (Lipinski definition) is 0. The third-order valence-corrected chi connectivity index (χ3v) is 7.89. The van der Waals surface area contributed by atoms with Crippen LogP contribution in [-0.4, -0.2) is 36.4 Å². The van der Waals surface area contributed by atoms with E-state index >= 15 is 0 Å². The van der Waals surface area contributed by atoms with Crippen LogP contribution < -0.4 is 9.47 Å². The molecular weight excluding hydrogens is 362 g/mol. The third-order valence-electron chi connectivity index (χ3n) is 7.45. The van der Waals surface area contributed by atoms with Gasteiger partial charge in [0, 0.05) is 18.0 Å². The summed E-state index contributed by atoms with van der Waals surface area (Å²) >= 11 is 6.96. The summed E-state index contributed by atoms with van der Waals surface area (Å²) in [7, 11) is 3.32. The fourth-order valence-electron chi connectivity index (χ4n) is 6.79. The number of hydrogen-bond acceptors (Lipinski definition) is 3. The first-order valence-electron chi connectivity index (χ1n) is 10.2. The smallest absolute Gasteiger partial charge is 0.229 e. The van der Waals surface area contributed by atoms with E-state index in [0.29, 0.717) is 24.3 Å². The third kappa shape index (κ3) is 2.74. The number of halogens is 1. The number of carbonyl (C=O) groups excluding carboxylic acids is 1. The quantitative estimate of drug-likeness (QED) is 0.728. The highest BCUT2D eigenvalue weighted by Gasteiger charge is 2.60. The fourth-order valence-corrected chi connectivity index (χ4v) is 7.49. The van der Waals surface area contributed by atoms with Gasteiger partial charge in [0.15, 0.2) is 11.5 Å². The zero-order chi connectivity index (χ0) is 18.8. The summed E-state index contributed by atoms with van der Waals surface area (Å²) in [5, 5.41) is 0. The number of alkyl halides is 1. The van der Waals surface area contributed by atoms with Crippen LogP contribution in [0.1, 0.15) is 49.7 Å². The Morgan fingerprint density at radius 3 is 2.30 bits per heavy atom. The normalized spacial score (nSPS) is 36.5. The van der Waals surface area contributed by atoms with Crippen molar-refractivity contribution in [2.75, 3.05) is 20.8 Å². The van der Waals surface area contributed by atoms with E-state index < -0.39 is 0 Å². The molecule has 1 aliphatic heterocycles. The molecule has 0 aromatic heterocycles. The lowest BCUT2D eigenvalue weighted by molar-refractivity contribution is -0.157. The summed E-state index contributed by atoms with van der Waals surface area (Å²) in [5.41, 5.74) is 2.23. The Morgan fingerprint density at radius 2 is 1.70 bits per heavy atom. The van der Waals surface area contributed by atoms with Crippen molar-refractivity contribution in [1.82, 2.24) is 4.90 Å². The second-order valence-corrected chi connectivity index (χ2v) is 10.1. The molecule has 4 aliphatic carbocycles. The fraction of sp³-hybridized carbons (Fsp3) is 0.682. The molecule has 27 heavy (non-hydrogen) atoms. The van der Waals surface area contributed by atoms with Gasteiger partial charge in [-0.15, -0.1) is 11.6 Å². The summed E-state index contributed by atoms with van der Waals surface area (Å²) in [6.07, 6.45) is 7.35. The molecule has 1 amide bonds. The van der Waals surface area contributed by atoms with Crippen molar-refractivity contribution in [1.29, 1.82) is 0 Å². The Morgan fingerprint density at radius 1 is 1.07 bits per heavy atom. The van der Waals surface area contributed by atoms with Crippen LogP contribution in [-0.2, 0) is 17.8 Å². The zero-order valence-electron chi connectivity index (χ0n) is 16.2. The molecule has 146 valence electrons.